The first-order valence-corrected chi connectivity index (χ1v) is 4.97. The summed E-state index contributed by atoms with van der Waals surface area (Å²) < 4.78 is 0. The van der Waals surface area contributed by atoms with Gasteiger partial charge in [-0.2, -0.15) is 0 Å². The number of thioether (sulfide) groups is 1. The molecule has 1 atom stereocenters. The highest BCUT2D eigenvalue weighted by molar-refractivity contribution is 7.99. The lowest BCUT2D eigenvalue weighted by Crippen LogP contribution is -2.21. The number of nitrogens with zero attached hydrogens (tertiary/aromatic N) is 2. The van der Waals surface area contributed by atoms with Crippen molar-refractivity contribution in [2.24, 2.45) is 5.73 Å². The van der Waals surface area contributed by atoms with Gasteiger partial charge in [-0.25, -0.2) is 9.97 Å². The van der Waals surface area contributed by atoms with Gasteiger partial charge in [0.15, 0.2) is 5.16 Å². The number of rotatable bonds is 4. The van der Waals surface area contributed by atoms with E-state index in [-0.39, 0.29) is 6.04 Å². The van der Waals surface area contributed by atoms with Gasteiger partial charge in [-0.3, -0.25) is 0 Å². The monoisotopic (exact) mass is 183 g/mol. The second kappa shape index (κ2) is 5.11. The third-order valence-electron chi connectivity index (χ3n) is 1.49. The normalized spacial score (nSPS) is 12.8. The van der Waals surface area contributed by atoms with Crippen LogP contribution in [0.1, 0.15) is 13.3 Å². The SMILES string of the molecule is CCC(N)CSc1ncccn1. The topological polar surface area (TPSA) is 51.8 Å². The summed E-state index contributed by atoms with van der Waals surface area (Å²) >= 11 is 1.61. The van der Waals surface area contributed by atoms with Crippen molar-refractivity contribution in [1.82, 2.24) is 9.97 Å². The molecule has 12 heavy (non-hydrogen) atoms. The van der Waals surface area contributed by atoms with Crippen LogP contribution < -0.4 is 5.73 Å². The Morgan fingerprint density at radius 1 is 1.50 bits per heavy atom. The summed E-state index contributed by atoms with van der Waals surface area (Å²) in [5.74, 6) is 0.889. The minimum Gasteiger partial charge on any atom is -0.327 e. The van der Waals surface area contributed by atoms with Gasteiger partial charge in [-0.1, -0.05) is 18.7 Å². The average molecular weight is 183 g/mol. The fraction of sp³-hybridized carbons (Fsp3) is 0.500. The second-order valence-electron chi connectivity index (χ2n) is 2.51. The first-order chi connectivity index (χ1) is 5.83. The highest BCUT2D eigenvalue weighted by atomic mass is 32.2. The van der Waals surface area contributed by atoms with Crippen LogP contribution >= 0.6 is 11.8 Å². The average Bonchev–Trinajstić information content (AvgIpc) is 2.16. The first-order valence-electron chi connectivity index (χ1n) is 3.98. The van der Waals surface area contributed by atoms with E-state index < -0.39 is 0 Å². The van der Waals surface area contributed by atoms with Crippen LogP contribution in [0.3, 0.4) is 0 Å². The number of aromatic nitrogens is 2. The van der Waals surface area contributed by atoms with Crippen molar-refractivity contribution in [2.75, 3.05) is 5.75 Å². The second-order valence-corrected chi connectivity index (χ2v) is 3.50. The molecule has 0 radical (unpaired) electrons. The van der Waals surface area contributed by atoms with Crippen LogP contribution in [0.25, 0.3) is 0 Å². The molecule has 66 valence electrons. The van der Waals surface area contributed by atoms with Crippen LogP contribution in [0, 0.1) is 0 Å². The molecule has 1 heterocycles. The summed E-state index contributed by atoms with van der Waals surface area (Å²) in [7, 11) is 0. The first kappa shape index (κ1) is 9.48. The minimum absolute atomic E-state index is 0.249. The molecule has 0 saturated carbocycles. The van der Waals surface area contributed by atoms with Gasteiger partial charge < -0.3 is 5.73 Å². The largest absolute Gasteiger partial charge is 0.327 e. The Bertz CT molecular complexity index is 215. The van der Waals surface area contributed by atoms with Gasteiger partial charge in [0.05, 0.1) is 0 Å². The summed E-state index contributed by atoms with van der Waals surface area (Å²) in [6, 6.07) is 2.06. The van der Waals surface area contributed by atoms with Crippen molar-refractivity contribution in [1.29, 1.82) is 0 Å². The van der Waals surface area contributed by atoms with Crippen LogP contribution in [0.4, 0.5) is 0 Å². The molecule has 0 aromatic carbocycles. The Kier molecular flexibility index (Phi) is 4.04. The molecule has 0 aliphatic heterocycles. The molecule has 0 aliphatic carbocycles. The fourth-order valence-electron chi connectivity index (χ4n) is 0.659. The van der Waals surface area contributed by atoms with E-state index in [2.05, 4.69) is 16.9 Å². The third-order valence-corrected chi connectivity index (χ3v) is 2.56. The molecule has 1 aromatic heterocycles. The minimum atomic E-state index is 0.249. The zero-order valence-corrected chi connectivity index (χ0v) is 7.92. The maximum absolute atomic E-state index is 5.74. The quantitative estimate of drug-likeness (QED) is 0.565. The summed E-state index contributed by atoms with van der Waals surface area (Å²) in [6.07, 6.45) is 4.49. The third kappa shape index (κ3) is 3.19. The molecule has 0 bridgehead atoms. The van der Waals surface area contributed by atoms with E-state index in [1.807, 2.05) is 6.07 Å². The zero-order valence-electron chi connectivity index (χ0n) is 7.10. The van der Waals surface area contributed by atoms with E-state index in [0.29, 0.717) is 0 Å². The predicted molar refractivity (Wildman–Crippen MR) is 51.0 cm³/mol. The van der Waals surface area contributed by atoms with Gasteiger partial charge >= 0.3 is 0 Å². The van der Waals surface area contributed by atoms with E-state index in [4.69, 9.17) is 5.73 Å². The lowest BCUT2D eigenvalue weighted by Gasteiger charge is -2.05. The van der Waals surface area contributed by atoms with Crippen LogP contribution in [0.15, 0.2) is 23.6 Å². The molecule has 4 heteroatoms. The standard InChI is InChI=1S/C8H13N3S/c1-2-7(9)6-12-8-10-4-3-5-11-8/h3-5,7H,2,6,9H2,1H3. The van der Waals surface area contributed by atoms with Gasteiger partial charge in [-0.15, -0.1) is 0 Å². The molecule has 1 aromatic rings. The lowest BCUT2D eigenvalue weighted by molar-refractivity contribution is 0.723. The van der Waals surface area contributed by atoms with E-state index in [1.165, 1.54) is 0 Å². The van der Waals surface area contributed by atoms with Crippen molar-refractivity contribution in [2.45, 2.75) is 24.5 Å². The van der Waals surface area contributed by atoms with Crippen LogP contribution in [-0.4, -0.2) is 21.8 Å². The maximum atomic E-state index is 5.74. The molecule has 3 nitrogen and oxygen atoms in total. The molecular formula is C8H13N3S. The van der Waals surface area contributed by atoms with Crippen molar-refractivity contribution in [3.05, 3.63) is 18.5 Å². The molecular weight excluding hydrogens is 170 g/mol. The predicted octanol–water partition coefficient (Wildman–Crippen LogP) is 1.31. The molecule has 1 rings (SSSR count). The molecule has 0 amide bonds. The van der Waals surface area contributed by atoms with E-state index in [9.17, 15) is 0 Å². The van der Waals surface area contributed by atoms with Gasteiger partial charge in [0.2, 0.25) is 0 Å². The van der Waals surface area contributed by atoms with Crippen molar-refractivity contribution in [3.63, 3.8) is 0 Å². The van der Waals surface area contributed by atoms with Crippen LogP contribution in [0.2, 0.25) is 0 Å². The van der Waals surface area contributed by atoms with E-state index in [0.717, 1.165) is 17.3 Å². The summed E-state index contributed by atoms with van der Waals surface area (Å²) in [4.78, 5) is 8.16. The summed E-state index contributed by atoms with van der Waals surface area (Å²) in [5.41, 5.74) is 5.74. The molecule has 0 saturated heterocycles. The fourth-order valence-corrected chi connectivity index (χ4v) is 1.53. The van der Waals surface area contributed by atoms with Gasteiger partial charge in [0.25, 0.3) is 0 Å². The van der Waals surface area contributed by atoms with Gasteiger partial charge in [0, 0.05) is 24.2 Å². The van der Waals surface area contributed by atoms with E-state index in [1.54, 1.807) is 24.2 Å². The molecule has 0 fully saturated rings. The van der Waals surface area contributed by atoms with Gasteiger partial charge in [-0.05, 0) is 12.5 Å². The number of nitrogens with two attached hydrogens (primary N) is 1. The Hall–Kier alpha value is -0.610. The highest BCUT2D eigenvalue weighted by Crippen LogP contribution is 2.12. The number of hydrogen-bond donors (Lipinski definition) is 1. The zero-order chi connectivity index (χ0) is 8.81. The number of hydrogen-bond acceptors (Lipinski definition) is 4. The molecule has 0 aliphatic rings. The maximum Gasteiger partial charge on any atom is 0.187 e. The van der Waals surface area contributed by atoms with Crippen molar-refractivity contribution >= 4 is 11.8 Å². The van der Waals surface area contributed by atoms with Crippen LogP contribution in [0.5, 0.6) is 0 Å². The Balaban J connectivity index is 2.33. The van der Waals surface area contributed by atoms with Crippen molar-refractivity contribution in [3.8, 4) is 0 Å². The van der Waals surface area contributed by atoms with Gasteiger partial charge in [0.1, 0.15) is 0 Å². The lowest BCUT2D eigenvalue weighted by atomic mass is 10.3. The Morgan fingerprint density at radius 2 is 2.17 bits per heavy atom. The Morgan fingerprint density at radius 3 is 2.75 bits per heavy atom. The molecule has 0 spiro atoms. The van der Waals surface area contributed by atoms with Crippen LogP contribution in [-0.2, 0) is 0 Å². The van der Waals surface area contributed by atoms with E-state index >= 15 is 0 Å². The summed E-state index contributed by atoms with van der Waals surface area (Å²) in [6.45, 7) is 2.08. The summed E-state index contributed by atoms with van der Waals surface area (Å²) in [5, 5.41) is 0.807. The molecule has 2 N–H and O–H groups in total. The molecule has 1 unspecified atom stereocenters. The highest BCUT2D eigenvalue weighted by Gasteiger charge is 2.01. The van der Waals surface area contributed by atoms with Crippen molar-refractivity contribution < 1.29 is 0 Å². The Labute approximate surface area is 76.8 Å². The smallest absolute Gasteiger partial charge is 0.187 e.